The fourth-order valence-corrected chi connectivity index (χ4v) is 2.45. The fourth-order valence-electron chi connectivity index (χ4n) is 2.45. The minimum atomic E-state index is -0.102. The first-order valence-corrected chi connectivity index (χ1v) is 6.21. The highest BCUT2D eigenvalue weighted by molar-refractivity contribution is 4.73. The monoisotopic (exact) mass is 214 g/mol. The second kappa shape index (κ2) is 5.28. The van der Waals surface area contributed by atoms with Crippen LogP contribution < -0.4 is 0 Å². The molecule has 1 aliphatic carbocycles. The Labute approximate surface area is 91.8 Å². The van der Waals surface area contributed by atoms with Gasteiger partial charge in [-0.1, -0.05) is 6.92 Å². The Morgan fingerprint density at radius 3 is 2.53 bits per heavy atom. The maximum atomic E-state index is 9.40. The number of aliphatic hydroxyl groups excluding tert-OH is 1. The van der Waals surface area contributed by atoms with Crippen LogP contribution in [0.15, 0.2) is 0 Å². The van der Waals surface area contributed by atoms with Gasteiger partial charge >= 0.3 is 0 Å². The summed E-state index contributed by atoms with van der Waals surface area (Å²) < 4.78 is 11.6. The van der Waals surface area contributed by atoms with Gasteiger partial charge in [0.05, 0.1) is 12.2 Å². The first kappa shape index (κ1) is 11.4. The summed E-state index contributed by atoms with van der Waals surface area (Å²) in [5.74, 6) is 0.519. The van der Waals surface area contributed by atoms with Crippen LogP contribution in [0.5, 0.6) is 0 Å². The molecule has 1 saturated heterocycles. The standard InChI is InChI=1S/C12H22O3/c1-9-3-2-8-14-12(9)15-11-6-4-10(13)5-7-11/h9-13H,2-8H2,1H3. The molecule has 2 aliphatic rings. The van der Waals surface area contributed by atoms with Gasteiger partial charge in [-0.25, -0.2) is 0 Å². The summed E-state index contributed by atoms with van der Waals surface area (Å²) >= 11 is 0. The Hall–Kier alpha value is -0.120. The molecule has 2 fully saturated rings. The van der Waals surface area contributed by atoms with Crippen LogP contribution in [0.2, 0.25) is 0 Å². The molecular weight excluding hydrogens is 192 g/mol. The van der Waals surface area contributed by atoms with Crippen LogP contribution in [0, 0.1) is 5.92 Å². The lowest BCUT2D eigenvalue weighted by Crippen LogP contribution is -2.36. The van der Waals surface area contributed by atoms with Crippen molar-refractivity contribution in [2.24, 2.45) is 5.92 Å². The van der Waals surface area contributed by atoms with Gasteiger partial charge in [-0.05, 0) is 38.5 Å². The molecule has 2 unspecified atom stereocenters. The first-order chi connectivity index (χ1) is 7.25. The lowest BCUT2D eigenvalue weighted by atomic mass is 9.94. The van der Waals surface area contributed by atoms with Crippen LogP contribution >= 0.6 is 0 Å². The van der Waals surface area contributed by atoms with Gasteiger partial charge in [-0.15, -0.1) is 0 Å². The second-order valence-corrected chi connectivity index (χ2v) is 4.93. The van der Waals surface area contributed by atoms with Crippen molar-refractivity contribution in [3.8, 4) is 0 Å². The summed E-state index contributed by atoms with van der Waals surface area (Å²) in [6.45, 7) is 3.03. The number of rotatable bonds is 2. The van der Waals surface area contributed by atoms with Gasteiger partial charge in [0.25, 0.3) is 0 Å². The molecule has 0 aromatic carbocycles. The van der Waals surface area contributed by atoms with Crippen LogP contribution in [-0.2, 0) is 9.47 Å². The highest BCUT2D eigenvalue weighted by Crippen LogP contribution is 2.27. The molecule has 1 N–H and O–H groups in total. The van der Waals surface area contributed by atoms with E-state index in [1.807, 2.05) is 0 Å². The average Bonchev–Trinajstić information content (AvgIpc) is 2.25. The summed E-state index contributed by atoms with van der Waals surface area (Å²) in [5.41, 5.74) is 0. The van der Waals surface area contributed by atoms with Crippen molar-refractivity contribution in [2.75, 3.05) is 6.61 Å². The highest BCUT2D eigenvalue weighted by atomic mass is 16.7. The van der Waals surface area contributed by atoms with Gasteiger partial charge in [0.1, 0.15) is 0 Å². The lowest BCUT2D eigenvalue weighted by Gasteiger charge is -2.34. The lowest BCUT2D eigenvalue weighted by molar-refractivity contribution is -0.218. The van der Waals surface area contributed by atoms with E-state index >= 15 is 0 Å². The predicted molar refractivity (Wildman–Crippen MR) is 57.5 cm³/mol. The molecule has 0 amide bonds. The van der Waals surface area contributed by atoms with E-state index in [0.29, 0.717) is 12.0 Å². The largest absolute Gasteiger partial charge is 0.393 e. The predicted octanol–water partition coefficient (Wildman–Crippen LogP) is 2.08. The van der Waals surface area contributed by atoms with Crippen LogP contribution in [-0.4, -0.2) is 30.2 Å². The van der Waals surface area contributed by atoms with E-state index in [2.05, 4.69) is 6.92 Å². The zero-order valence-electron chi connectivity index (χ0n) is 9.52. The second-order valence-electron chi connectivity index (χ2n) is 4.93. The summed E-state index contributed by atoms with van der Waals surface area (Å²) in [6.07, 6.45) is 6.29. The molecular formula is C12H22O3. The maximum absolute atomic E-state index is 9.40. The Bertz CT molecular complexity index is 187. The fraction of sp³-hybridized carbons (Fsp3) is 1.00. The molecule has 1 aliphatic heterocycles. The Morgan fingerprint density at radius 2 is 1.87 bits per heavy atom. The molecule has 1 saturated carbocycles. The number of hydrogen-bond acceptors (Lipinski definition) is 3. The van der Waals surface area contributed by atoms with Crippen LogP contribution in [0.1, 0.15) is 45.4 Å². The number of hydrogen-bond donors (Lipinski definition) is 1. The van der Waals surface area contributed by atoms with Crippen molar-refractivity contribution in [1.29, 1.82) is 0 Å². The Morgan fingerprint density at radius 1 is 1.13 bits per heavy atom. The molecule has 1 heterocycles. The summed E-state index contributed by atoms with van der Waals surface area (Å²) in [6, 6.07) is 0. The first-order valence-electron chi connectivity index (χ1n) is 6.21. The molecule has 3 heteroatoms. The van der Waals surface area contributed by atoms with Crippen molar-refractivity contribution in [1.82, 2.24) is 0 Å². The van der Waals surface area contributed by atoms with Gasteiger partial charge in [0.15, 0.2) is 6.29 Å². The smallest absolute Gasteiger partial charge is 0.160 e. The van der Waals surface area contributed by atoms with Gasteiger partial charge in [-0.3, -0.25) is 0 Å². The van der Waals surface area contributed by atoms with Crippen molar-refractivity contribution in [2.45, 2.75) is 63.9 Å². The van der Waals surface area contributed by atoms with Gasteiger partial charge < -0.3 is 14.6 Å². The van der Waals surface area contributed by atoms with Gasteiger partial charge in [-0.2, -0.15) is 0 Å². The number of ether oxygens (including phenoxy) is 2. The average molecular weight is 214 g/mol. The topological polar surface area (TPSA) is 38.7 Å². The summed E-state index contributed by atoms with van der Waals surface area (Å²) in [4.78, 5) is 0. The molecule has 0 aromatic heterocycles. The van der Waals surface area contributed by atoms with E-state index in [4.69, 9.17) is 9.47 Å². The highest BCUT2D eigenvalue weighted by Gasteiger charge is 2.28. The summed E-state index contributed by atoms with van der Waals surface area (Å²) in [7, 11) is 0. The summed E-state index contributed by atoms with van der Waals surface area (Å²) in [5, 5.41) is 9.40. The van der Waals surface area contributed by atoms with Crippen LogP contribution in [0.4, 0.5) is 0 Å². The molecule has 88 valence electrons. The third-order valence-electron chi connectivity index (χ3n) is 3.52. The Kier molecular flexibility index (Phi) is 4.00. The number of aliphatic hydroxyl groups is 1. The molecule has 0 radical (unpaired) electrons. The molecule has 0 bridgehead atoms. The van der Waals surface area contributed by atoms with E-state index in [1.54, 1.807) is 0 Å². The zero-order chi connectivity index (χ0) is 10.7. The molecule has 2 rings (SSSR count). The third kappa shape index (κ3) is 3.16. The van der Waals surface area contributed by atoms with Crippen LogP contribution in [0.3, 0.4) is 0 Å². The quantitative estimate of drug-likeness (QED) is 0.765. The van der Waals surface area contributed by atoms with Crippen molar-refractivity contribution >= 4 is 0 Å². The van der Waals surface area contributed by atoms with Crippen molar-refractivity contribution < 1.29 is 14.6 Å². The third-order valence-corrected chi connectivity index (χ3v) is 3.52. The van der Waals surface area contributed by atoms with Gasteiger partial charge in [0, 0.05) is 12.5 Å². The van der Waals surface area contributed by atoms with Crippen LogP contribution in [0.25, 0.3) is 0 Å². The van der Waals surface area contributed by atoms with Crippen molar-refractivity contribution in [3.05, 3.63) is 0 Å². The molecule has 0 aromatic rings. The Balaban J connectivity index is 1.75. The minimum absolute atomic E-state index is 0.000933. The molecule has 15 heavy (non-hydrogen) atoms. The molecule has 3 nitrogen and oxygen atoms in total. The van der Waals surface area contributed by atoms with Gasteiger partial charge in [0.2, 0.25) is 0 Å². The van der Waals surface area contributed by atoms with Crippen molar-refractivity contribution in [3.63, 3.8) is 0 Å². The zero-order valence-corrected chi connectivity index (χ0v) is 9.52. The van der Waals surface area contributed by atoms with E-state index in [9.17, 15) is 5.11 Å². The SMILES string of the molecule is CC1CCCOC1OC1CCC(O)CC1. The minimum Gasteiger partial charge on any atom is -0.393 e. The molecule has 0 spiro atoms. The van der Waals surface area contributed by atoms with E-state index in [-0.39, 0.29) is 12.4 Å². The normalized spacial score (nSPS) is 42.8. The maximum Gasteiger partial charge on any atom is 0.160 e. The molecule has 2 atom stereocenters. The van der Waals surface area contributed by atoms with E-state index in [1.165, 1.54) is 6.42 Å². The van der Waals surface area contributed by atoms with E-state index < -0.39 is 0 Å². The van der Waals surface area contributed by atoms with E-state index in [0.717, 1.165) is 38.7 Å².